The number of aliphatic imine (C=N–C) groups is 1. The van der Waals surface area contributed by atoms with E-state index < -0.39 is 0 Å². The molecule has 0 aliphatic carbocycles. The Bertz CT molecular complexity index is 535. The monoisotopic (exact) mass is 463 g/mol. The van der Waals surface area contributed by atoms with E-state index in [0.29, 0.717) is 18.4 Å². The maximum Gasteiger partial charge on any atom is 0.305 e. The molecular weight excluding hydrogens is 433 g/mol. The Kier molecular flexibility index (Phi) is 9.84. The third kappa shape index (κ3) is 6.48. The van der Waals surface area contributed by atoms with Crippen molar-refractivity contribution in [2.75, 3.05) is 33.8 Å². The maximum atomic E-state index is 11.1. The summed E-state index contributed by atoms with van der Waals surface area (Å²) in [7, 11) is 3.25. The summed E-state index contributed by atoms with van der Waals surface area (Å²) in [5, 5.41) is 3.41. The number of carbonyl (C=O) groups is 1. The Morgan fingerprint density at radius 1 is 1.44 bits per heavy atom. The van der Waals surface area contributed by atoms with Crippen LogP contribution in [0.5, 0.6) is 0 Å². The van der Waals surface area contributed by atoms with Gasteiger partial charge in [-0.3, -0.25) is 9.79 Å². The summed E-state index contributed by atoms with van der Waals surface area (Å²) in [6.07, 6.45) is 9.11. The largest absolute Gasteiger partial charge is 0.469 e. The standard InChI is InChI=1S/C17H29N5O2.HI/c1-14-7-10-21(12-15(14)22-11-9-19-13-22)17(18-2)20-8-5-4-6-16(23)24-3;/h9,11,13-15H,4-8,10,12H2,1-3H3,(H,18,20);1H. The molecule has 2 rings (SSSR count). The molecule has 0 bridgehead atoms. The average molecular weight is 463 g/mol. The number of halogens is 1. The number of piperidine rings is 1. The molecule has 1 aliphatic heterocycles. The molecular formula is C17H30IN5O2. The van der Waals surface area contributed by atoms with Gasteiger partial charge in [-0.1, -0.05) is 6.92 Å². The minimum atomic E-state index is -0.146. The highest BCUT2D eigenvalue weighted by Gasteiger charge is 2.28. The first-order valence-corrected chi connectivity index (χ1v) is 8.65. The Balaban J connectivity index is 0.00000312. The fourth-order valence-corrected chi connectivity index (χ4v) is 3.12. The smallest absolute Gasteiger partial charge is 0.305 e. The van der Waals surface area contributed by atoms with Gasteiger partial charge in [0.1, 0.15) is 0 Å². The van der Waals surface area contributed by atoms with Gasteiger partial charge < -0.3 is 19.5 Å². The van der Waals surface area contributed by atoms with Crippen LogP contribution in [0.1, 0.15) is 38.6 Å². The number of hydrogen-bond donors (Lipinski definition) is 1. The Hall–Kier alpha value is -1.32. The number of nitrogens with one attached hydrogen (secondary N) is 1. The molecule has 1 saturated heterocycles. The lowest BCUT2D eigenvalue weighted by molar-refractivity contribution is -0.140. The third-order valence-corrected chi connectivity index (χ3v) is 4.66. The van der Waals surface area contributed by atoms with Crippen molar-refractivity contribution in [2.24, 2.45) is 10.9 Å². The summed E-state index contributed by atoms with van der Waals surface area (Å²) in [5.74, 6) is 1.41. The Labute approximate surface area is 167 Å². The van der Waals surface area contributed by atoms with E-state index in [4.69, 9.17) is 0 Å². The number of ether oxygens (including phenoxy) is 1. The first-order chi connectivity index (χ1) is 11.7. The second-order valence-electron chi connectivity index (χ2n) is 6.30. The highest BCUT2D eigenvalue weighted by atomic mass is 127. The number of likely N-dealkylation sites (tertiary alicyclic amines) is 1. The molecule has 0 aromatic carbocycles. The summed E-state index contributed by atoms with van der Waals surface area (Å²) in [4.78, 5) is 22.0. The quantitative estimate of drug-likeness (QED) is 0.231. The fourth-order valence-electron chi connectivity index (χ4n) is 3.12. The Morgan fingerprint density at radius 3 is 2.88 bits per heavy atom. The molecule has 1 N–H and O–H groups in total. The average Bonchev–Trinajstić information content (AvgIpc) is 3.13. The molecule has 25 heavy (non-hydrogen) atoms. The van der Waals surface area contributed by atoms with E-state index in [1.807, 2.05) is 25.8 Å². The van der Waals surface area contributed by atoms with Gasteiger partial charge in [0.15, 0.2) is 5.96 Å². The van der Waals surface area contributed by atoms with Gasteiger partial charge in [0.2, 0.25) is 0 Å². The van der Waals surface area contributed by atoms with Crippen LogP contribution in [0, 0.1) is 5.92 Å². The van der Waals surface area contributed by atoms with Crippen LogP contribution < -0.4 is 5.32 Å². The van der Waals surface area contributed by atoms with Crippen molar-refractivity contribution in [1.82, 2.24) is 19.8 Å². The SMILES string of the molecule is CN=C(NCCCCC(=O)OC)N1CCC(C)C(n2ccnc2)C1.I. The van der Waals surface area contributed by atoms with Crippen LogP contribution in [0.15, 0.2) is 23.7 Å². The fraction of sp³-hybridized carbons (Fsp3) is 0.706. The zero-order chi connectivity index (χ0) is 17.4. The molecule has 2 unspecified atom stereocenters. The lowest BCUT2D eigenvalue weighted by Gasteiger charge is -2.39. The third-order valence-electron chi connectivity index (χ3n) is 4.66. The first-order valence-electron chi connectivity index (χ1n) is 8.65. The molecule has 7 nitrogen and oxygen atoms in total. The van der Waals surface area contributed by atoms with Gasteiger partial charge in [-0.25, -0.2) is 4.98 Å². The molecule has 1 fully saturated rings. The van der Waals surface area contributed by atoms with Gasteiger partial charge in [-0.15, -0.1) is 24.0 Å². The molecule has 1 aliphatic rings. The second-order valence-corrected chi connectivity index (χ2v) is 6.30. The summed E-state index contributed by atoms with van der Waals surface area (Å²) in [6.45, 7) is 5.05. The van der Waals surface area contributed by atoms with Crippen LogP contribution in [0.3, 0.4) is 0 Å². The van der Waals surface area contributed by atoms with Crippen molar-refractivity contribution < 1.29 is 9.53 Å². The van der Waals surface area contributed by atoms with E-state index >= 15 is 0 Å². The van der Waals surface area contributed by atoms with Gasteiger partial charge >= 0.3 is 5.97 Å². The molecule has 0 amide bonds. The molecule has 1 aromatic rings. The number of aromatic nitrogens is 2. The number of guanidine groups is 1. The molecule has 0 spiro atoms. The lowest BCUT2D eigenvalue weighted by atomic mass is 9.93. The first kappa shape index (κ1) is 21.7. The zero-order valence-electron chi connectivity index (χ0n) is 15.4. The van der Waals surface area contributed by atoms with Crippen LogP contribution in [0.25, 0.3) is 0 Å². The molecule has 8 heteroatoms. The van der Waals surface area contributed by atoms with E-state index in [-0.39, 0.29) is 29.9 Å². The molecule has 0 saturated carbocycles. The van der Waals surface area contributed by atoms with Crippen molar-refractivity contribution in [3.63, 3.8) is 0 Å². The molecule has 2 atom stereocenters. The van der Waals surface area contributed by atoms with E-state index in [1.165, 1.54) is 7.11 Å². The number of hydrogen-bond acceptors (Lipinski definition) is 4. The molecule has 142 valence electrons. The van der Waals surface area contributed by atoms with Crippen LogP contribution >= 0.6 is 24.0 Å². The number of imidazole rings is 1. The lowest BCUT2D eigenvalue weighted by Crippen LogP contribution is -2.49. The molecule has 2 heterocycles. The zero-order valence-corrected chi connectivity index (χ0v) is 17.7. The minimum Gasteiger partial charge on any atom is -0.469 e. The normalized spacial score (nSPS) is 20.8. The van der Waals surface area contributed by atoms with Crippen LogP contribution in [0.4, 0.5) is 0 Å². The van der Waals surface area contributed by atoms with Gasteiger partial charge in [0.05, 0.1) is 19.5 Å². The van der Waals surface area contributed by atoms with Gasteiger partial charge in [0.25, 0.3) is 0 Å². The number of unbranched alkanes of at least 4 members (excludes halogenated alkanes) is 1. The van der Waals surface area contributed by atoms with Crippen molar-refractivity contribution >= 4 is 35.9 Å². The number of nitrogens with zero attached hydrogens (tertiary/aromatic N) is 4. The number of methoxy groups -OCH3 is 1. The predicted octanol–water partition coefficient (Wildman–Crippen LogP) is 2.30. The van der Waals surface area contributed by atoms with Crippen molar-refractivity contribution in [3.05, 3.63) is 18.7 Å². The van der Waals surface area contributed by atoms with E-state index in [2.05, 4.69) is 36.4 Å². The van der Waals surface area contributed by atoms with Crippen LogP contribution in [-0.2, 0) is 9.53 Å². The minimum absolute atomic E-state index is 0. The van der Waals surface area contributed by atoms with E-state index in [0.717, 1.165) is 44.9 Å². The van der Waals surface area contributed by atoms with E-state index in [9.17, 15) is 4.79 Å². The van der Waals surface area contributed by atoms with Gasteiger partial charge in [-0.2, -0.15) is 0 Å². The second kappa shape index (κ2) is 11.3. The summed E-state index contributed by atoms with van der Waals surface area (Å²) < 4.78 is 6.85. The van der Waals surface area contributed by atoms with Crippen LogP contribution in [0.2, 0.25) is 0 Å². The Morgan fingerprint density at radius 2 is 2.24 bits per heavy atom. The number of rotatable bonds is 6. The summed E-state index contributed by atoms with van der Waals surface area (Å²) in [5.41, 5.74) is 0. The van der Waals surface area contributed by atoms with Crippen molar-refractivity contribution in [3.8, 4) is 0 Å². The highest BCUT2D eigenvalue weighted by molar-refractivity contribution is 14.0. The van der Waals surface area contributed by atoms with Crippen LogP contribution in [-0.4, -0.2) is 60.2 Å². The number of esters is 1. The topological polar surface area (TPSA) is 71.8 Å². The summed E-state index contributed by atoms with van der Waals surface area (Å²) >= 11 is 0. The summed E-state index contributed by atoms with van der Waals surface area (Å²) in [6, 6.07) is 0.416. The number of carbonyl (C=O) groups excluding carboxylic acids is 1. The molecule has 1 aromatic heterocycles. The predicted molar refractivity (Wildman–Crippen MR) is 109 cm³/mol. The van der Waals surface area contributed by atoms with Crippen molar-refractivity contribution in [2.45, 2.75) is 38.6 Å². The van der Waals surface area contributed by atoms with Gasteiger partial charge in [0, 0.05) is 45.5 Å². The molecule has 0 radical (unpaired) electrons. The van der Waals surface area contributed by atoms with Crippen molar-refractivity contribution in [1.29, 1.82) is 0 Å². The highest BCUT2D eigenvalue weighted by Crippen LogP contribution is 2.27. The maximum absolute atomic E-state index is 11.1. The van der Waals surface area contributed by atoms with E-state index in [1.54, 1.807) is 0 Å². The van der Waals surface area contributed by atoms with Gasteiger partial charge in [-0.05, 0) is 25.2 Å².